The molecule has 0 saturated heterocycles. The molecule has 0 bridgehead atoms. The number of nitrogens with zero attached hydrogens (tertiary/aromatic N) is 1. The van der Waals surface area contributed by atoms with Crippen molar-refractivity contribution in [2.45, 2.75) is 0 Å². The maximum atomic E-state index is 12.5. The van der Waals surface area contributed by atoms with Gasteiger partial charge < -0.3 is 15.4 Å². The molecule has 0 aliphatic carbocycles. The number of aromatic nitrogens is 1. The first-order chi connectivity index (χ1) is 13.1. The van der Waals surface area contributed by atoms with Crippen LogP contribution in [0.25, 0.3) is 0 Å². The van der Waals surface area contributed by atoms with Crippen molar-refractivity contribution in [1.29, 1.82) is 0 Å². The van der Waals surface area contributed by atoms with E-state index in [0.717, 1.165) is 5.69 Å². The number of carbonyl (C=O) groups is 2. The lowest BCUT2D eigenvalue weighted by Crippen LogP contribution is -2.12. The normalized spacial score (nSPS) is 10.1. The number of esters is 1. The molecule has 7 heteroatoms. The first kappa shape index (κ1) is 18.4. The highest BCUT2D eigenvalue weighted by molar-refractivity contribution is 6.33. The Balaban J connectivity index is 1.72. The van der Waals surface area contributed by atoms with Gasteiger partial charge in [0.2, 0.25) is 0 Å². The van der Waals surface area contributed by atoms with Gasteiger partial charge in [-0.25, -0.2) is 4.79 Å². The molecule has 0 unspecified atom stereocenters. The molecule has 27 heavy (non-hydrogen) atoms. The Morgan fingerprint density at radius 2 is 1.70 bits per heavy atom. The van der Waals surface area contributed by atoms with E-state index in [0.29, 0.717) is 27.5 Å². The van der Waals surface area contributed by atoms with Crippen LogP contribution in [-0.2, 0) is 4.74 Å². The Hall–Kier alpha value is -3.38. The van der Waals surface area contributed by atoms with Crippen molar-refractivity contribution in [2.24, 2.45) is 0 Å². The number of hydrogen-bond acceptors (Lipinski definition) is 5. The first-order valence-corrected chi connectivity index (χ1v) is 8.41. The van der Waals surface area contributed by atoms with Gasteiger partial charge in [-0.3, -0.25) is 9.78 Å². The fourth-order valence-corrected chi connectivity index (χ4v) is 2.54. The van der Waals surface area contributed by atoms with E-state index in [1.165, 1.54) is 13.3 Å². The Kier molecular flexibility index (Phi) is 5.68. The minimum atomic E-state index is -0.435. The Labute approximate surface area is 161 Å². The molecule has 3 rings (SSSR count). The van der Waals surface area contributed by atoms with Crippen LogP contribution >= 0.6 is 11.6 Å². The fraction of sp³-hybridized carbons (Fsp3) is 0.0500. The van der Waals surface area contributed by atoms with Crippen LogP contribution in [0.4, 0.5) is 17.1 Å². The summed E-state index contributed by atoms with van der Waals surface area (Å²) >= 11 is 6.13. The third kappa shape index (κ3) is 4.62. The molecule has 2 N–H and O–H groups in total. The molecular formula is C20H16ClN3O3. The van der Waals surface area contributed by atoms with Crippen LogP contribution in [0.1, 0.15) is 20.7 Å². The molecule has 0 spiro atoms. The number of pyridine rings is 1. The van der Waals surface area contributed by atoms with Crippen molar-refractivity contribution in [3.8, 4) is 0 Å². The lowest BCUT2D eigenvalue weighted by atomic mass is 10.2. The van der Waals surface area contributed by atoms with E-state index in [1.54, 1.807) is 42.6 Å². The number of hydrogen-bond donors (Lipinski definition) is 2. The van der Waals surface area contributed by atoms with Gasteiger partial charge in [0.15, 0.2) is 0 Å². The molecule has 0 atom stereocenters. The lowest BCUT2D eigenvalue weighted by Gasteiger charge is -2.10. The summed E-state index contributed by atoms with van der Waals surface area (Å²) in [6.45, 7) is 0. The zero-order chi connectivity index (χ0) is 19.2. The van der Waals surface area contributed by atoms with E-state index in [-0.39, 0.29) is 5.91 Å². The van der Waals surface area contributed by atoms with Crippen molar-refractivity contribution in [2.75, 3.05) is 17.7 Å². The lowest BCUT2D eigenvalue weighted by molar-refractivity contribution is 0.0600. The fourth-order valence-electron chi connectivity index (χ4n) is 2.36. The number of benzene rings is 2. The summed E-state index contributed by atoms with van der Waals surface area (Å²) in [5.41, 5.74) is 2.69. The summed E-state index contributed by atoms with van der Waals surface area (Å²) in [6.07, 6.45) is 3.07. The smallest absolute Gasteiger partial charge is 0.337 e. The number of halogens is 1. The highest BCUT2D eigenvalue weighted by Gasteiger charge is 2.10. The van der Waals surface area contributed by atoms with Crippen LogP contribution in [0.2, 0.25) is 5.02 Å². The van der Waals surface area contributed by atoms with Gasteiger partial charge in [0.05, 0.1) is 40.8 Å². The highest BCUT2D eigenvalue weighted by Crippen LogP contribution is 2.25. The summed E-state index contributed by atoms with van der Waals surface area (Å²) in [5, 5.41) is 6.46. The minimum absolute atomic E-state index is 0.323. The van der Waals surface area contributed by atoms with Crippen molar-refractivity contribution in [1.82, 2.24) is 4.98 Å². The summed E-state index contributed by atoms with van der Waals surface area (Å²) in [5.74, 6) is -0.758. The van der Waals surface area contributed by atoms with Gasteiger partial charge in [-0.05, 0) is 42.5 Å². The van der Waals surface area contributed by atoms with E-state index in [4.69, 9.17) is 11.6 Å². The molecule has 136 valence electrons. The van der Waals surface area contributed by atoms with Crippen LogP contribution in [0.3, 0.4) is 0 Å². The maximum absolute atomic E-state index is 12.5. The number of para-hydroxylation sites is 1. The van der Waals surface area contributed by atoms with Crippen LogP contribution in [0.5, 0.6) is 0 Å². The van der Waals surface area contributed by atoms with E-state index in [1.807, 2.05) is 18.2 Å². The number of carbonyl (C=O) groups excluding carboxylic acids is 2. The summed E-state index contributed by atoms with van der Waals surface area (Å²) in [6, 6.07) is 15.4. The molecule has 0 aliphatic rings. The quantitative estimate of drug-likeness (QED) is 0.635. The van der Waals surface area contributed by atoms with E-state index in [2.05, 4.69) is 20.4 Å². The van der Waals surface area contributed by atoms with Crippen LogP contribution in [0.15, 0.2) is 67.0 Å². The van der Waals surface area contributed by atoms with Gasteiger partial charge >= 0.3 is 5.97 Å². The Morgan fingerprint density at radius 3 is 2.41 bits per heavy atom. The van der Waals surface area contributed by atoms with Crippen molar-refractivity contribution >= 4 is 40.5 Å². The summed E-state index contributed by atoms with van der Waals surface area (Å²) in [7, 11) is 1.31. The second-order valence-corrected chi connectivity index (χ2v) is 6.00. The van der Waals surface area contributed by atoms with Gasteiger partial charge in [0, 0.05) is 11.9 Å². The largest absolute Gasteiger partial charge is 0.465 e. The minimum Gasteiger partial charge on any atom is -0.465 e. The molecular weight excluding hydrogens is 366 g/mol. The van der Waals surface area contributed by atoms with Gasteiger partial charge in [0.25, 0.3) is 5.91 Å². The number of anilines is 3. The van der Waals surface area contributed by atoms with Crippen molar-refractivity contribution in [3.05, 3.63) is 83.1 Å². The Bertz CT molecular complexity index is 974. The highest BCUT2D eigenvalue weighted by atomic mass is 35.5. The van der Waals surface area contributed by atoms with E-state index in [9.17, 15) is 9.59 Å². The van der Waals surface area contributed by atoms with E-state index < -0.39 is 5.97 Å². The molecule has 6 nitrogen and oxygen atoms in total. The molecule has 3 aromatic rings. The number of nitrogens with one attached hydrogen (secondary N) is 2. The monoisotopic (exact) mass is 381 g/mol. The standard InChI is InChI=1S/C20H16ClN3O3/c1-27-20(26)13-6-8-15(9-7-13)24-19(25)14-10-16(12-22-11-14)23-18-5-3-2-4-17(18)21/h2-12,23H,1H3,(H,24,25). The van der Waals surface area contributed by atoms with Crippen molar-refractivity contribution in [3.63, 3.8) is 0 Å². The van der Waals surface area contributed by atoms with Gasteiger partial charge in [-0.15, -0.1) is 0 Å². The molecule has 1 amide bonds. The van der Waals surface area contributed by atoms with Crippen LogP contribution in [-0.4, -0.2) is 24.0 Å². The zero-order valence-corrected chi connectivity index (χ0v) is 15.2. The molecule has 0 fully saturated rings. The zero-order valence-electron chi connectivity index (χ0n) is 14.4. The molecule has 1 heterocycles. The van der Waals surface area contributed by atoms with Gasteiger partial charge in [0.1, 0.15) is 0 Å². The second-order valence-electron chi connectivity index (χ2n) is 5.59. The molecule has 2 aromatic carbocycles. The van der Waals surface area contributed by atoms with Gasteiger partial charge in [-0.2, -0.15) is 0 Å². The summed E-state index contributed by atoms with van der Waals surface area (Å²) in [4.78, 5) is 28.0. The topological polar surface area (TPSA) is 80.3 Å². The molecule has 1 aromatic heterocycles. The maximum Gasteiger partial charge on any atom is 0.337 e. The van der Waals surface area contributed by atoms with Gasteiger partial charge in [-0.1, -0.05) is 23.7 Å². The average molecular weight is 382 g/mol. The van der Waals surface area contributed by atoms with Crippen LogP contribution < -0.4 is 10.6 Å². The predicted molar refractivity (Wildman–Crippen MR) is 105 cm³/mol. The Morgan fingerprint density at radius 1 is 0.963 bits per heavy atom. The number of methoxy groups -OCH3 is 1. The molecule has 0 aliphatic heterocycles. The number of rotatable bonds is 5. The predicted octanol–water partition coefficient (Wildman–Crippen LogP) is 4.52. The third-order valence-electron chi connectivity index (χ3n) is 3.72. The number of amides is 1. The van der Waals surface area contributed by atoms with Crippen molar-refractivity contribution < 1.29 is 14.3 Å². The SMILES string of the molecule is COC(=O)c1ccc(NC(=O)c2cncc(Nc3ccccc3Cl)c2)cc1. The number of ether oxygens (including phenoxy) is 1. The summed E-state index contributed by atoms with van der Waals surface area (Å²) < 4.78 is 4.65. The third-order valence-corrected chi connectivity index (χ3v) is 4.05. The van der Waals surface area contributed by atoms with Crippen LogP contribution in [0, 0.1) is 0 Å². The van der Waals surface area contributed by atoms with E-state index >= 15 is 0 Å². The molecule has 0 radical (unpaired) electrons. The first-order valence-electron chi connectivity index (χ1n) is 8.03. The average Bonchev–Trinajstić information content (AvgIpc) is 2.70. The molecule has 0 saturated carbocycles. The second kappa shape index (κ2) is 8.33.